The second-order valence-corrected chi connectivity index (χ2v) is 8.77. The summed E-state index contributed by atoms with van der Waals surface area (Å²) in [6.45, 7) is 3.11. The number of ether oxygens (including phenoxy) is 1. The molecule has 1 aromatic heterocycles. The number of thiophene rings is 1. The highest BCUT2D eigenvalue weighted by Gasteiger charge is 2.17. The third-order valence-corrected chi connectivity index (χ3v) is 6.29. The maximum atomic E-state index is 12.0. The van der Waals surface area contributed by atoms with Crippen molar-refractivity contribution in [3.05, 3.63) is 15.9 Å². The number of methoxy groups -OCH3 is 1. The number of rotatable bonds is 9. The number of carbonyl (C=O) groups excluding carboxylic acids is 1. The molecule has 0 radical (unpaired) electrons. The Bertz CT molecular complexity index is 559. The lowest BCUT2D eigenvalue weighted by Gasteiger charge is -2.20. The normalized spacial score (nSPS) is 11.6. The lowest BCUT2D eigenvalue weighted by atomic mass is 10.4. The molecule has 1 rings (SSSR count). The molecule has 0 aromatic carbocycles. The van der Waals surface area contributed by atoms with Crippen LogP contribution >= 0.6 is 27.3 Å². The second-order valence-electron chi connectivity index (χ2n) is 4.31. The number of nitrogens with one attached hydrogen (secondary N) is 1. The van der Waals surface area contributed by atoms with Crippen molar-refractivity contribution in [1.29, 1.82) is 0 Å². The van der Waals surface area contributed by atoms with Gasteiger partial charge in [0.05, 0.1) is 3.79 Å². The van der Waals surface area contributed by atoms with Crippen molar-refractivity contribution in [2.75, 3.05) is 33.4 Å². The smallest absolute Gasteiger partial charge is 0.250 e. The first-order chi connectivity index (χ1) is 9.86. The largest absolute Gasteiger partial charge is 0.385 e. The Kier molecular flexibility index (Phi) is 7.82. The Morgan fingerprint density at radius 1 is 1.43 bits per heavy atom. The predicted molar refractivity (Wildman–Crippen MR) is 86.0 cm³/mol. The highest BCUT2D eigenvalue weighted by Crippen LogP contribution is 2.25. The molecule has 1 N–H and O–H groups in total. The fourth-order valence-electron chi connectivity index (χ4n) is 1.65. The van der Waals surface area contributed by atoms with E-state index in [2.05, 4.69) is 20.7 Å². The zero-order valence-corrected chi connectivity index (χ0v) is 15.2. The van der Waals surface area contributed by atoms with Crippen LogP contribution in [0.4, 0.5) is 0 Å². The molecule has 0 aliphatic heterocycles. The zero-order valence-electron chi connectivity index (χ0n) is 12.0. The van der Waals surface area contributed by atoms with Crippen LogP contribution in [0, 0.1) is 0 Å². The predicted octanol–water partition coefficient (Wildman–Crippen LogP) is 1.67. The van der Waals surface area contributed by atoms with Crippen LogP contribution in [0.2, 0.25) is 0 Å². The Labute approximate surface area is 137 Å². The van der Waals surface area contributed by atoms with Crippen molar-refractivity contribution in [2.45, 2.75) is 17.6 Å². The first kappa shape index (κ1) is 18.6. The van der Waals surface area contributed by atoms with E-state index in [1.807, 2.05) is 0 Å². The highest BCUT2D eigenvalue weighted by atomic mass is 79.9. The number of nitrogens with zero attached hydrogens (tertiary/aromatic N) is 1. The molecular weight excluding hydrogens is 380 g/mol. The summed E-state index contributed by atoms with van der Waals surface area (Å²) in [5.41, 5.74) is 0. The summed E-state index contributed by atoms with van der Waals surface area (Å²) < 4.78 is 32.5. The van der Waals surface area contributed by atoms with Crippen LogP contribution in [0.25, 0.3) is 0 Å². The Morgan fingerprint density at radius 3 is 2.67 bits per heavy atom. The van der Waals surface area contributed by atoms with Crippen LogP contribution in [0.3, 0.4) is 0 Å². The third-order valence-electron chi connectivity index (χ3n) is 2.71. The van der Waals surface area contributed by atoms with Gasteiger partial charge >= 0.3 is 0 Å². The number of halogens is 1. The van der Waals surface area contributed by atoms with E-state index in [4.69, 9.17) is 4.74 Å². The van der Waals surface area contributed by atoms with Crippen molar-refractivity contribution in [3.8, 4) is 0 Å². The van der Waals surface area contributed by atoms with E-state index < -0.39 is 10.0 Å². The molecule has 0 spiro atoms. The number of hydrogen-bond acceptors (Lipinski definition) is 5. The SMILES string of the molecule is COCCCN(CCNS(=O)(=O)c1ccc(Br)s1)C(C)=O. The summed E-state index contributed by atoms with van der Waals surface area (Å²) in [6, 6.07) is 3.23. The van der Waals surface area contributed by atoms with Crippen molar-refractivity contribution >= 4 is 43.2 Å². The van der Waals surface area contributed by atoms with E-state index in [-0.39, 0.29) is 16.7 Å². The van der Waals surface area contributed by atoms with Crippen LogP contribution in [0.15, 0.2) is 20.1 Å². The van der Waals surface area contributed by atoms with Gasteiger partial charge < -0.3 is 9.64 Å². The van der Waals surface area contributed by atoms with Crippen molar-refractivity contribution < 1.29 is 17.9 Å². The van der Waals surface area contributed by atoms with Gasteiger partial charge in [-0.2, -0.15) is 0 Å². The molecule has 21 heavy (non-hydrogen) atoms. The summed E-state index contributed by atoms with van der Waals surface area (Å²) in [4.78, 5) is 13.1. The van der Waals surface area contributed by atoms with Crippen LogP contribution in [0.1, 0.15) is 13.3 Å². The second kappa shape index (κ2) is 8.84. The average Bonchev–Trinajstić information content (AvgIpc) is 2.84. The van der Waals surface area contributed by atoms with Gasteiger partial charge in [-0.3, -0.25) is 4.79 Å². The third kappa shape index (κ3) is 6.43. The molecule has 6 nitrogen and oxygen atoms in total. The van der Waals surface area contributed by atoms with Crippen LogP contribution in [-0.4, -0.2) is 52.6 Å². The van der Waals surface area contributed by atoms with E-state index in [0.717, 1.165) is 21.5 Å². The molecule has 0 aliphatic rings. The molecule has 1 aromatic rings. The van der Waals surface area contributed by atoms with Gasteiger partial charge in [-0.15, -0.1) is 11.3 Å². The summed E-state index contributed by atoms with van der Waals surface area (Å²) in [5, 5.41) is 0. The fraction of sp³-hybridized carbons (Fsp3) is 0.583. The monoisotopic (exact) mass is 398 g/mol. The van der Waals surface area contributed by atoms with Gasteiger partial charge in [0.25, 0.3) is 0 Å². The number of hydrogen-bond donors (Lipinski definition) is 1. The molecule has 9 heteroatoms. The number of sulfonamides is 1. The van der Waals surface area contributed by atoms with Gasteiger partial charge in [-0.1, -0.05) is 0 Å². The van der Waals surface area contributed by atoms with Gasteiger partial charge in [0.15, 0.2) is 0 Å². The molecule has 0 atom stereocenters. The Morgan fingerprint density at radius 2 is 2.14 bits per heavy atom. The first-order valence-electron chi connectivity index (χ1n) is 6.36. The van der Waals surface area contributed by atoms with E-state index in [1.165, 1.54) is 6.92 Å². The van der Waals surface area contributed by atoms with Crippen LogP contribution in [-0.2, 0) is 19.6 Å². The lowest BCUT2D eigenvalue weighted by Crippen LogP contribution is -2.38. The molecule has 120 valence electrons. The number of amides is 1. The standard InChI is InChI=1S/C12H19BrN2O4S2/c1-10(16)15(7-3-9-19-2)8-6-14-21(17,18)12-5-4-11(13)20-12/h4-5,14H,3,6-9H2,1-2H3. The molecule has 0 unspecified atom stereocenters. The quantitative estimate of drug-likeness (QED) is 0.641. The molecule has 0 saturated carbocycles. The lowest BCUT2D eigenvalue weighted by molar-refractivity contribution is -0.128. The summed E-state index contributed by atoms with van der Waals surface area (Å²) in [5.74, 6) is -0.0795. The summed E-state index contributed by atoms with van der Waals surface area (Å²) in [7, 11) is -1.91. The van der Waals surface area contributed by atoms with Crippen molar-refractivity contribution in [3.63, 3.8) is 0 Å². The van der Waals surface area contributed by atoms with Crippen molar-refractivity contribution in [2.24, 2.45) is 0 Å². The maximum Gasteiger partial charge on any atom is 0.250 e. The summed E-state index contributed by atoms with van der Waals surface area (Å²) in [6.07, 6.45) is 0.723. The van der Waals surface area contributed by atoms with Gasteiger partial charge in [0.1, 0.15) is 4.21 Å². The minimum atomic E-state index is -3.51. The van der Waals surface area contributed by atoms with E-state index in [0.29, 0.717) is 19.7 Å². The van der Waals surface area contributed by atoms with Crippen LogP contribution < -0.4 is 4.72 Å². The highest BCUT2D eigenvalue weighted by molar-refractivity contribution is 9.11. The van der Waals surface area contributed by atoms with Gasteiger partial charge in [0, 0.05) is 40.3 Å². The maximum absolute atomic E-state index is 12.0. The molecule has 0 aliphatic carbocycles. The minimum Gasteiger partial charge on any atom is -0.385 e. The molecule has 1 amide bonds. The fourth-order valence-corrected chi connectivity index (χ4v) is 4.73. The van der Waals surface area contributed by atoms with Crippen molar-refractivity contribution in [1.82, 2.24) is 9.62 Å². The van der Waals surface area contributed by atoms with Gasteiger partial charge in [-0.25, -0.2) is 13.1 Å². The molecule has 0 saturated heterocycles. The van der Waals surface area contributed by atoms with E-state index in [1.54, 1.807) is 24.1 Å². The van der Waals surface area contributed by atoms with Crippen LogP contribution in [0.5, 0.6) is 0 Å². The molecule has 0 bridgehead atoms. The zero-order chi connectivity index (χ0) is 15.9. The average molecular weight is 399 g/mol. The first-order valence-corrected chi connectivity index (χ1v) is 9.45. The topological polar surface area (TPSA) is 75.7 Å². The minimum absolute atomic E-state index is 0.0795. The Balaban J connectivity index is 2.48. The van der Waals surface area contributed by atoms with Gasteiger partial charge in [0.2, 0.25) is 15.9 Å². The summed E-state index contributed by atoms with van der Waals surface area (Å²) >= 11 is 4.38. The molecule has 0 fully saturated rings. The molecule has 1 heterocycles. The Hall–Kier alpha value is -0.480. The van der Waals surface area contributed by atoms with E-state index in [9.17, 15) is 13.2 Å². The van der Waals surface area contributed by atoms with Gasteiger partial charge in [-0.05, 0) is 34.5 Å². The molecular formula is C12H19BrN2O4S2. The van der Waals surface area contributed by atoms with E-state index >= 15 is 0 Å². The number of carbonyl (C=O) groups is 1.